The monoisotopic (exact) mass is 278 g/mol. The summed E-state index contributed by atoms with van der Waals surface area (Å²) in [6.45, 7) is 5.15. The summed E-state index contributed by atoms with van der Waals surface area (Å²) in [7, 11) is 0. The van der Waals surface area contributed by atoms with Crippen LogP contribution in [0.5, 0.6) is 0 Å². The first-order valence-electron chi connectivity index (χ1n) is 8.48. The zero-order valence-electron chi connectivity index (χ0n) is 13.1. The van der Waals surface area contributed by atoms with Gasteiger partial charge in [-0.2, -0.15) is 5.10 Å². The molecule has 0 saturated heterocycles. The maximum atomic E-state index is 10.6. The Kier molecular flexibility index (Phi) is 6.08. The highest BCUT2D eigenvalue weighted by molar-refractivity contribution is 5.11. The zero-order chi connectivity index (χ0) is 14.4. The van der Waals surface area contributed by atoms with Crippen molar-refractivity contribution in [2.24, 2.45) is 5.92 Å². The fraction of sp³-hybridized carbons (Fsp3) is 0.824. The zero-order valence-corrected chi connectivity index (χ0v) is 13.1. The number of hydrogen-bond donors (Lipinski definition) is 1. The first kappa shape index (κ1) is 15.6. The molecule has 20 heavy (non-hydrogen) atoms. The van der Waals surface area contributed by atoms with Crippen LogP contribution in [0.1, 0.15) is 70.2 Å². The first-order chi connectivity index (χ1) is 9.74. The second-order valence-corrected chi connectivity index (χ2v) is 6.17. The topological polar surface area (TPSA) is 38.0 Å². The molecule has 0 aromatic carbocycles. The van der Waals surface area contributed by atoms with Gasteiger partial charge in [0.25, 0.3) is 0 Å². The quantitative estimate of drug-likeness (QED) is 0.891. The maximum Gasteiger partial charge on any atom is 0.0624 e. The Morgan fingerprint density at radius 2 is 1.85 bits per heavy atom. The molecule has 1 atom stereocenters. The third-order valence-electron chi connectivity index (χ3n) is 4.69. The summed E-state index contributed by atoms with van der Waals surface area (Å²) in [6.07, 6.45) is 10.6. The van der Waals surface area contributed by atoms with Gasteiger partial charge in [0.2, 0.25) is 0 Å². The molecule has 1 aromatic heterocycles. The summed E-state index contributed by atoms with van der Waals surface area (Å²) < 4.78 is 2.06. The van der Waals surface area contributed by atoms with E-state index in [0.717, 1.165) is 25.1 Å². The molecule has 1 N–H and O–H groups in total. The third kappa shape index (κ3) is 4.08. The second-order valence-electron chi connectivity index (χ2n) is 6.17. The van der Waals surface area contributed by atoms with Gasteiger partial charge in [-0.3, -0.25) is 4.68 Å². The smallest absolute Gasteiger partial charge is 0.0624 e. The molecule has 114 valence electrons. The molecule has 1 unspecified atom stereocenters. The predicted molar refractivity (Wildman–Crippen MR) is 82.8 cm³/mol. The fourth-order valence-corrected chi connectivity index (χ4v) is 3.38. The van der Waals surface area contributed by atoms with Gasteiger partial charge in [-0.25, -0.2) is 0 Å². The van der Waals surface area contributed by atoms with E-state index in [1.54, 1.807) is 0 Å². The second kappa shape index (κ2) is 7.82. The average Bonchev–Trinajstić information content (AvgIpc) is 2.80. The van der Waals surface area contributed by atoms with Crippen LogP contribution < -0.4 is 0 Å². The van der Waals surface area contributed by atoms with E-state index in [-0.39, 0.29) is 6.10 Å². The van der Waals surface area contributed by atoms with E-state index in [1.165, 1.54) is 50.6 Å². The van der Waals surface area contributed by atoms with Gasteiger partial charge in [0.1, 0.15) is 0 Å². The van der Waals surface area contributed by atoms with Gasteiger partial charge >= 0.3 is 0 Å². The van der Waals surface area contributed by atoms with Gasteiger partial charge in [-0.1, -0.05) is 39.0 Å². The van der Waals surface area contributed by atoms with E-state index < -0.39 is 0 Å². The molecule has 0 spiro atoms. The van der Waals surface area contributed by atoms with Crippen molar-refractivity contribution in [1.29, 1.82) is 0 Å². The summed E-state index contributed by atoms with van der Waals surface area (Å²) in [6, 6.07) is 2.18. The van der Waals surface area contributed by atoms with Crippen molar-refractivity contribution in [2.75, 3.05) is 0 Å². The highest BCUT2D eigenvalue weighted by atomic mass is 16.3. The first-order valence-corrected chi connectivity index (χ1v) is 8.48. The minimum atomic E-state index is -0.195. The molecule has 1 aromatic rings. The van der Waals surface area contributed by atoms with Crippen molar-refractivity contribution >= 4 is 0 Å². The standard InChI is InChI=1S/C17H30N2O/c1-3-15-12-16(19(4-2)18-15)13-17(20)14-10-8-6-5-7-9-11-14/h12,14,17,20H,3-11,13H2,1-2H3. The molecule has 2 rings (SSSR count). The van der Waals surface area contributed by atoms with Gasteiger partial charge in [-0.05, 0) is 38.2 Å². The lowest BCUT2D eigenvalue weighted by molar-refractivity contribution is 0.0894. The number of hydrogen-bond acceptors (Lipinski definition) is 2. The number of aromatic nitrogens is 2. The van der Waals surface area contributed by atoms with E-state index in [1.807, 2.05) is 0 Å². The SMILES string of the molecule is CCc1cc(CC(O)C2CCCCCCC2)n(CC)n1. The van der Waals surface area contributed by atoms with Gasteiger partial charge in [0.15, 0.2) is 0 Å². The van der Waals surface area contributed by atoms with Crippen LogP contribution in [0, 0.1) is 5.92 Å². The van der Waals surface area contributed by atoms with Crippen LogP contribution in [0.4, 0.5) is 0 Å². The Labute approximate surface area is 123 Å². The molecule has 0 radical (unpaired) electrons. The molecular formula is C17H30N2O. The summed E-state index contributed by atoms with van der Waals surface area (Å²) in [4.78, 5) is 0. The molecular weight excluding hydrogens is 248 g/mol. The molecule has 0 amide bonds. The van der Waals surface area contributed by atoms with Crippen molar-refractivity contribution in [2.45, 2.75) is 84.3 Å². The lowest BCUT2D eigenvalue weighted by Crippen LogP contribution is -2.25. The molecule has 1 aliphatic rings. The number of rotatable bonds is 5. The summed E-state index contributed by atoms with van der Waals surface area (Å²) in [5, 5.41) is 15.2. The Morgan fingerprint density at radius 3 is 2.45 bits per heavy atom. The highest BCUT2D eigenvalue weighted by Crippen LogP contribution is 2.26. The molecule has 0 bridgehead atoms. The Morgan fingerprint density at radius 1 is 1.20 bits per heavy atom. The van der Waals surface area contributed by atoms with Gasteiger partial charge in [-0.15, -0.1) is 0 Å². The minimum Gasteiger partial charge on any atom is -0.392 e. The van der Waals surface area contributed by atoms with Crippen LogP contribution in [0.15, 0.2) is 6.07 Å². The van der Waals surface area contributed by atoms with Crippen molar-refractivity contribution < 1.29 is 5.11 Å². The Bertz CT molecular complexity index is 392. The summed E-state index contributed by atoms with van der Waals surface area (Å²) in [5.74, 6) is 0.487. The van der Waals surface area contributed by atoms with Crippen molar-refractivity contribution in [3.05, 3.63) is 17.5 Å². The van der Waals surface area contributed by atoms with Crippen LogP contribution in [0.3, 0.4) is 0 Å². The lowest BCUT2D eigenvalue weighted by atomic mass is 9.85. The maximum absolute atomic E-state index is 10.6. The molecule has 1 saturated carbocycles. The van der Waals surface area contributed by atoms with Gasteiger partial charge in [0, 0.05) is 18.7 Å². The molecule has 3 heteroatoms. The van der Waals surface area contributed by atoms with Crippen molar-refractivity contribution in [1.82, 2.24) is 9.78 Å². The Hall–Kier alpha value is -0.830. The number of aryl methyl sites for hydroxylation is 2. The third-order valence-corrected chi connectivity index (χ3v) is 4.69. The molecule has 0 aliphatic heterocycles. The Balaban J connectivity index is 1.98. The minimum absolute atomic E-state index is 0.195. The van der Waals surface area contributed by atoms with Gasteiger partial charge in [0.05, 0.1) is 11.8 Å². The molecule has 3 nitrogen and oxygen atoms in total. The average molecular weight is 278 g/mol. The van der Waals surface area contributed by atoms with Crippen molar-refractivity contribution in [3.8, 4) is 0 Å². The highest BCUT2D eigenvalue weighted by Gasteiger charge is 2.22. The van der Waals surface area contributed by atoms with Crippen LogP contribution in [-0.4, -0.2) is 21.0 Å². The number of aliphatic hydroxyl groups is 1. The lowest BCUT2D eigenvalue weighted by Gasteiger charge is -2.25. The van der Waals surface area contributed by atoms with Crippen molar-refractivity contribution in [3.63, 3.8) is 0 Å². The summed E-state index contributed by atoms with van der Waals surface area (Å²) >= 11 is 0. The molecule has 1 fully saturated rings. The largest absolute Gasteiger partial charge is 0.392 e. The van der Waals surface area contributed by atoms with Crippen LogP contribution in [-0.2, 0) is 19.4 Å². The van der Waals surface area contributed by atoms with Crippen LogP contribution in [0.25, 0.3) is 0 Å². The van der Waals surface area contributed by atoms with E-state index in [0.29, 0.717) is 5.92 Å². The normalized spacial score (nSPS) is 19.6. The summed E-state index contributed by atoms with van der Waals surface area (Å²) in [5.41, 5.74) is 2.35. The molecule has 1 heterocycles. The predicted octanol–water partition coefficient (Wildman–Crippen LogP) is 3.73. The number of nitrogens with zero attached hydrogens (tertiary/aromatic N) is 2. The van der Waals surface area contributed by atoms with Crippen LogP contribution in [0.2, 0.25) is 0 Å². The van der Waals surface area contributed by atoms with Gasteiger partial charge < -0.3 is 5.11 Å². The van der Waals surface area contributed by atoms with Crippen LogP contribution >= 0.6 is 0 Å². The van der Waals surface area contributed by atoms with E-state index in [2.05, 4.69) is 29.7 Å². The molecule has 1 aliphatic carbocycles. The van der Waals surface area contributed by atoms with E-state index >= 15 is 0 Å². The number of aliphatic hydroxyl groups excluding tert-OH is 1. The van der Waals surface area contributed by atoms with E-state index in [9.17, 15) is 5.11 Å². The van der Waals surface area contributed by atoms with E-state index in [4.69, 9.17) is 0 Å². The fourth-order valence-electron chi connectivity index (χ4n) is 3.38.